The first-order valence-corrected chi connectivity index (χ1v) is 18.9. The number of pyridine rings is 1. The number of sulfone groups is 1. The van der Waals surface area contributed by atoms with E-state index in [1.54, 1.807) is 24.3 Å². The van der Waals surface area contributed by atoms with Crippen LogP contribution in [0.25, 0.3) is 39.5 Å². The fourth-order valence-electron chi connectivity index (χ4n) is 7.41. The lowest BCUT2D eigenvalue weighted by Gasteiger charge is -2.25. The van der Waals surface area contributed by atoms with Gasteiger partial charge in [-0.25, -0.2) is 18.2 Å². The highest BCUT2D eigenvalue weighted by molar-refractivity contribution is 7.91. The van der Waals surface area contributed by atoms with E-state index in [0.29, 0.717) is 18.8 Å². The van der Waals surface area contributed by atoms with E-state index in [4.69, 9.17) is 4.98 Å². The van der Waals surface area contributed by atoms with Gasteiger partial charge in [-0.3, -0.25) is 4.79 Å². The average Bonchev–Trinajstić information content (AvgIpc) is 3.51. The first-order valence-electron chi connectivity index (χ1n) is 16.3. The van der Waals surface area contributed by atoms with Gasteiger partial charge in [-0.15, -0.1) is 11.3 Å². The van der Waals surface area contributed by atoms with Crippen molar-refractivity contribution in [1.82, 2.24) is 9.55 Å². The number of nitrogens with zero attached hydrogens (tertiary/aromatic N) is 2. The van der Waals surface area contributed by atoms with Crippen LogP contribution in [0.3, 0.4) is 0 Å². The molecule has 0 radical (unpaired) electrons. The number of aryl methyl sites for hydroxylation is 2. The first kappa shape index (κ1) is 32.4. The number of hydrogen-bond donors (Lipinski definition) is 1. The summed E-state index contributed by atoms with van der Waals surface area (Å²) in [4.78, 5) is 33.4. The Morgan fingerprint density at radius 1 is 1.00 bits per heavy atom. The molecular formula is C37H42N2O5S2. The van der Waals surface area contributed by atoms with Crippen LogP contribution in [0.15, 0.2) is 42.0 Å². The predicted octanol–water partition coefficient (Wildman–Crippen LogP) is 8.29. The number of carboxylic acids is 1. The van der Waals surface area contributed by atoms with Gasteiger partial charge < -0.3 is 9.67 Å². The van der Waals surface area contributed by atoms with E-state index in [9.17, 15) is 23.1 Å². The van der Waals surface area contributed by atoms with Crippen LogP contribution in [0.4, 0.5) is 0 Å². The zero-order valence-electron chi connectivity index (χ0n) is 27.1. The minimum Gasteiger partial charge on any atom is -0.478 e. The second-order valence-corrected chi connectivity index (χ2v) is 16.9. The number of ketones is 1. The Labute approximate surface area is 275 Å². The van der Waals surface area contributed by atoms with E-state index >= 15 is 0 Å². The van der Waals surface area contributed by atoms with E-state index in [1.807, 2.05) is 10.6 Å². The number of aromatic nitrogens is 2. The molecule has 2 aliphatic rings. The van der Waals surface area contributed by atoms with Gasteiger partial charge in [-0.2, -0.15) is 0 Å². The summed E-state index contributed by atoms with van der Waals surface area (Å²) in [5.41, 5.74) is 8.06. The number of fused-ring (bicyclic) bond motifs is 1. The van der Waals surface area contributed by atoms with Gasteiger partial charge in [0.25, 0.3) is 0 Å². The van der Waals surface area contributed by atoms with Gasteiger partial charge in [0.2, 0.25) is 0 Å². The highest BCUT2D eigenvalue weighted by atomic mass is 32.2. The molecule has 4 aromatic rings. The number of aliphatic carboxylic acids is 1. The quantitative estimate of drug-likeness (QED) is 0.191. The minimum absolute atomic E-state index is 0.00232. The molecule has 2 fully saturated rings. The van der Waals surface area contributed by atoms with Crippen LogP contribution < -0.4 is 0 Å². The van der Waals surface area contributed by atoms with E-state index in [-0.39, 0.29) is 35.3 Å². The molecule has 3 aromatic heterocycles. The zero-order chi connectivity index (χ0) is 32.7. The molecule has 0 amide bonds. The lowest BCUT2D eigenvalue weighted by molar-refractivity contribution is -0.132. The molecule has 242 valence electrons. The molecule has 1 aliphatic carbocycles. The SMILES string of the molecule is C/C(=C\c1c(C)c(C2CCCCC2)c(-c2ccc3nc(-c4cc(C)sc4C)ccc3c2)n1CC(=O)C1CCS(=O)(=O)CC1)C(=O)O. The number of hydrogen-bond acceptors (Lipinski definition) is 6. The summed E-state index contributed by atoms with van der Waals surface area (Å²) in [6.07, 6.45) is 7.93. The average molecular weight is 659 g/mol. The monoisotopic (exact) mass is 658 g/mol. The van der Waals surface area contributed by atoms with Crippen LogP contribution in [-0.4, -0.2) is 46.3 Å². The smallest absolute Gasteiger partial charge is 0.331 e. The normalized spacial score (nSPS) is 17.9. The van der Waals surface area contributed by atoms with Crippen LogP contribution in [0.1, 0.15) is 84.4 Å². The largest absolute Gasteiger partial charge is 0.478 e. The topological polar surface area (TPSA) is 106 Å². The van der Waals surface area contributed by atoms with Crippen molar-refractivity contribution in [2.45, 2.75) is 85.1 Å². The summed E-state index contributed by atoms with van der Waals surface area (Å²) in [5, 5.41) is 10.8. The van der Waals surface area contributed by atoms with Crippen LogP contribution >= 0.6 is 11.3 Å². The van der Waals surface area contributed by atoms with Crippen molar-refractivity contribution in [3.05, 3.63) is 68.5 Å². The maximum Gasteiger partial charge on any atom is 0.331 e. The molecule has 46 heavy (non-hydrogen) atoms. The standard InChI is InChI=1S/C37H42N2O5S2/c1-22(37(41)42)18-33-24(3)35(27-8-6-5-7-9-27)36(39(33)21-34(40)26-14-16-46(43,44)17-15-26)29-11-12-31-28(20-29)10-13-32(38-31)30-19-23(2)45-25(30)4/h10-13,18-20,26-27H,5-9,14-17,21H2,1-4H3,(H,41,42)/b22-18+. The number of carboxylic acid groups (broad SMARTS) is 1. The van der Waals surface area contributed by atoms with E-state index in [0.717, 1.165) is 70.4 Å². The van der Waals surface area contributed by atoms with Crippen LogP contribution in [0, 0.1) is 26.7 Å². The van der Waals surface area contributed by atoms with Crippen molar-refractivity contribution in [3.63, 3.8) is 0 Å². The molecule has 1 aromatic carbocycles. The fourth-order valence-corrected chi connectivity index (χ4v) is 9.83. The Morgan fingerprint density at radius 3 is 2.37 bits per heavy atom. The number of carbonyl (C=O) groups is 2. The molecular weight excluding hydrogens is 617 g/mol. The van der Waals surface area contributed by atoms with E-state index < -0.39 is 15.8 Å². The number of Topliss-reactive ketones (excluding diaryl/α,β-unsaturated/α-hetero) is 1. The Kier molecular flexibility index (Phi) is 9.09. The van der Waals surface area contributed by atoms with Crippen molar-refractivity contribution >= 4 is 49.9 Å². The molecule has 9 heteroatoms. The molecule has 0 atom stereocenters. The lowest BCUT2D eigenvalue weighted by atomic mass is 9.81. The molecule has 0 bridgehead atoms. The second-order valence-electron chi connectivity index (χ2n) is 13.1. The summed E-state index contributed by atoms with van der Waals surface area (Å²) in [5.74, 6) is -0.971. The number of thiophene rings is 1. The minimum atomic E-state index is -3.11. The predicted molar refractivity (Wildman–Crippen MR) is 186 cm³/mol. The van der Waals surface area contributed by atoms with Crippen LogP contribution in [0.5, 0.6) is 0 Å². The Bertz CT molecular complexity index is 1960. The maximum atomic E-state index is 13.9. The second kappa shape index (κ2) is 12.9. The Morgan fingerprint density at radius 2 is 1.72 bits per heavy atom. The summed E-state index contributed by atoms with van der Waals surface area (Å²) in [7, 11) is -3.11. The molecule has 0 unspecified atom stereocenters. The van der Waals surface area contributed by atoms with Gasteiger partial charge in [-0.1, -0.05) is 31.4 Å². The van der Waals surface area contributed by atoms with Crippen LogP contribution in [0.2, 0.25) is 0 Å². The molecule has 1 saturated carbocycles. The molecule has 6 rings (SSSR count). The van der Waals surface area contributed by atoms with Crippen molar-refractivity contribution in [3.8, 4) is 22.5 Å². The van der Waals surface area contributed by atoms with Crippen LogP contribution in [-0.2, 0) is 26.0 Å². The van der Waals surface area contributed by atoms with Crippen molar-refractivity contribution in [2.75, 3.05) is 11.5 Å². The highest BCUT2D eigenvalue weighted by Gasteiger charge is 2.32. The molecule has 1 saturated heterocycles. The number of carbonyl (C=O) groups excluding carboxylic acids is 1. The van der Waals surface area contributed by atoms with Gasteiger partial charge >= 0.3 is 5.97 Å². The summed E-state index contributed by atoms with van der Waals surface area (Å²) >= 11 is 1.77. The third kappa shape index (κ3) is 6.49. The third-order valence-corrected chi connectivity index (χ3v) is 12.6. The summed E-state index contributed by atoms with van der Waals surface area (Å²) in [6.45, 7) is 7.94. The Hall–Kier alpha value is -3.56. The van der Waals surface area contributed by atoms with Crippen molar-refractivity contribution < 1.29 is 23.1 Å². The fraction of sp³-hybridized carbons (Fsp3) is 0.432. The number of rotatable bonds is 8. The molecule has 7 nitrogen and oxygen atoms in total. The summed E-state index contributed by atoms with van der Waals surface area (Å²) in [6, 6.07) is 12.6. The zero-order valence-corrected chi connectivity index (χ0v) is 28.7. The van der Waals surface area contributed by atoms with Gasteiger partial charge in [0.05, 0.1) is 35.0 Å². The van der Waals surface area contributed by atoms with E-state index in [2.05, 4.69) is 51.1 Å². The Balaban J connectivity index is 1.51. The lowest BCUT2D eigenvalue weighted by Crippen LogP contribution is -2.30. The van der Waals surface area contributed by atoms with Gasteiger partial charge in [0, 0.05) is 37.9 Å². The highest BCUT2D eigenvalue weighted by Crippen LogP contribution is 2.44. The van der Waals surface area contributed by atoms with Crippen molar-refractivity contribution in [2.24, 2.45) is 5.92 Å². The maximum absolute atomic E-state index is 13.9. The van der Waals surface area contributed by atoms with Gasteiger partial charge in [0.1, 0.15) is 9.84 Å². The molecule has 1 aliphatic heterocycles. The molecule has 1 N–H and O–H groups in total. The van der Waals surface area contributed by atoms with Crippen molar-refractivity contribution in [1.29, 1.82) is 0 Å². The first-order chi connectivity index (χ1) is 21.9. The van der Waals surface area contributed by atoms with Gasteiger partial charge in [-0.05, 0) is 106 Å². The molecule has 4 heterocycles. The number of benzene rings is 1. The molecule has 0 spiro atoms. The summed E-state index contributed by atoms with van der Waals surface area (Å²) < 4.78 is 26.3. The van der Waals surface area contributed by atoms with Gasteiger partial charge in [0.15, 0.2) is 5.78 Å². The van der Waals surface area contributed by atoms with E-state index in [1.165, 1.54) is 21.7 Å². The third-order valence-electron chi connectivity index (χ3n) is 9.91.